The second-order valence-corrected chi connectivity index (χ2v) is 11.4. The third-order valence-corrected chi connectivity index (χ3v) is 8.65. The Morgan fingerprint density at radius 2 is 1.67 bits per heavy atom. The molecule has 0 aliphatic carbocycles. The minimum absolute atomic E-state index is 0.163. The minimum atomic E-state index is -3.86. The Hall–Kier alpha value is -3.73. The van der Waals surface area contributed by atoms with Crippen LogP contribution in [0.2, 0.25) is 0 Å². The van der Waals surface area contributed by atoms with Gasteiger partial charge in [-0.2, -0.15) is 0 Å². The highest BCUT2D eigenvalue weighted by atomic mass is 79.9. The van der Waals surface area contributed by atoms with Crippen LogP contribution in [0.4, 0.5) is 5.13 Å². The molecule has 3 aromatic heterocycles. The number of carbonyl (C=O) groups is 1. The Balaban J connectivity index is 1.45. The Kier molecular flexibility index (Phi) is 5.51. The van der Waals surface area contributed by atoms with E-state index in [0.717, 1.165) is 16.3 Å². The fourth-order valence-electron chi connectivity index (χ4n) is 4.11. The van der Waals surface area contributed by atoms with Gasteiger partial charge in [0, 0.05) is 21.7 Å². The van der Waals surface area contributed by atoms with Crippen molar-refractivity contribution in [3.05, 3.63) is 101 Å². The van der Waals surface area contributed by atoms with Crippen LogP contribution >= 0.6 is 27.3 Å². The van der Waals surface area contributed by atoms with E-state index in [0.29, 0.717) is 26.5 Å². The van der Waals surface area contributed by atoms with Crippen LogP contribution in [-0.4, -0.2) is 23.3 Å². The molecule has 10 heteroatoms. The van der Waals surface area contributed by atoms with E-state index in [9.17, 15) is 13.2 Å². The molecule has 1 N–H and O–H groups in total. The van der Waals surface area contributed by atoms with Crippen molar-refractivity contribution in [1.82, 2.24) is 8.96 Å². The van der Waals surface area contributed by atoms with Gasteiger partial charge in [-0.3, -0.25) is 10.1 Å². The first-order valence-electron chi connectivity index (χ1n) is 10.8. The summed E-state index contributed by atoms with van der Waals surface area (Å²) in [4.78, 5) is 17.2. The Bertz CT molecular complexity index is 1870. The average molecular weight is 578 g/mol. The van der Waals surface area contributed by atoms with Crippen molar-refractivity contribution in [3.8, 4) is 11.3 Å². The van der Waals surface area contributed by atoms with Crippen LogP contribution in [-0.2, 0) is 10.0 Å². The van der Waals surface area contributed by atoms with Crippen LogP contribution in [0.1, 0.15) is 10.6 Å². The molecule has 36 heavy (non-hydrogen) atoms. The Morgan fingerprint density at radius 1 is 0.917 bits per heavy atom. The van der Waals surface area contributed by atoms with Crippen molar-refractivity contribution in [1.29, 1.82) is 0 Å². The summed E-state index contributed by atoms with van der Waals surface area (Å²) < 4.78 is 34.6. The van der Waals surface area contributed by atoms with Gasteiger partial charge in [0.05, 0.1) is 21.6 Å². The Labute approximate surface area is 218 Å². The largest absolute Gasteiger partial charge is 0.444 e. The summed E-state index contributed by atoms with van der Waals surface area (Å²) >= 11 is 4.45. The molecule has 0 unspecified atom stereocenters. The zero-order valence-corrected chi connectivity index (χ0v) is 21.6. The number of nitrogens with one attached hydrogen (secondary N) is 1. The molecule has 0 aliphatic heterocycles. The maximum Gasteiger partial charge on any atom is 0.293 e. The zero-order chi connectivity index (χ0) is 24.9. The van der Waals surface area contributed by atoms with Crippen molar-refractivity contribution in [3.63, 3.8) is 0 Å². The monoisotopic (exact) mass is 577 g/mol. The molecular formula is C26H16BrN3O4S2. The molecule has 0 saturated carbocycles. The van der Waals surface area contributed by atoms with Gasteiger partial charge in [-0.25, -0.2) is 17.4 Å². The number of benzene rings is 3. The quantitative estimate of drug-likeness (QED) is 0.244. The number of aromatic nitrogens is 2. The molecule has 6 rings (SSSR count). The van der Waals surface area contributed by atoms with Crippen molar-refractivity contribution >= 4 is 70.1 Å². The maximum atomic E-state index is 13.7. The summed E-state index contributed by atoms with van der Waals surface area (Å²) in [6.07, 6.45) is 0. The number of furan rings is 1. The second kappa shape index (κ2) is 8.74. The van der Waals surface area contributed by atoms with E-state index in [1.54, 1.807) is 48.5 Å². The lowest BCUT2D eigenvalue weighted by molar-refractivity contribution is 0.0995. The second-order valence-electron chi connectivity index (χ2n) is 7.93. The van der Waals surface area contributed by atoms with Crippen LogP contribution in [0.25, 0.3) is 33.1 Å². The van der Waals surface area contributed by atoms with E-state index in [-0.39, 0.29) is 10.7 Å². The van der Waals surface area contributed by atoms with E-state index in [1.807, 2.05) is 41.8 Å². The number of thiazole rings is 1. The molecule has 3 aromatic carbocycles. The fourth-order valence-corrected chi connectivity index (χ4v) is 6.67. The first-order valence-corrected chi connectivity index (χ1v) is 13.9. The van der Waals surface area contributed by atoms with Gasteiger partial charge in [0.15, 0.2) is 15.6 Å². The standard InChI is InChI=1S/C26H16BrN3O4S2/c27-24-13-12-23(34-24)25(31)29-26-28-20(15-35-26)16-10-11-19-18-8-4-5-9-21(18)30(22(19)14-16)36(32,33)17-6-2-1-3-7-17/h1-15H,(H,28,29,31). The SMILES string of the molecule is O=C(Nc1nc(-c2ccc3c4ccccc4n(S(=O)(=O)c4ccccc4)c3c2)cs1)c1ccc(Br)o1. The highest BCUT2D eigenvalue weighted by Crippen LogP contribution is 2.35. The Morgan fingerprint density at radius 3 is 2.44 bits per heavy atom. The van der Waals surface area contributed by atoms with Gasteiger partial charge in [-0.15, -0.1) is 11.3 Å². The van der Waals surface area contributed by atoms with Crippen molar-refractivity contribution in [2.75, 3.05) is 5.32 Å². The van der Waals surface area contributed by atoms with Gasteiger partial charge in [0.1, 0.15) is 0 Å². The molecule has 6 aromatic rings. The van der Waals surface area contributed by atoms with E-state index in [1.165, 1.54) is 15.3 Å². The van der Waals surface area contributed by atoms with Crippen LogP contribution in [0.5, 0.6) is 0 Å². The number of hydrogen-bond acceptors (Lipinski definition) is 6. The normalized spacial score (nSPS) is 11.8. The van der Waals surface area contributed by atoms with E-state index in [2.05, 4.69) is 26.2 Å². The fraction of sp³-hybridized carbons (Fsp3) is 0. The van der Waals surface area contributed by atoms with Gasteiger partial charge in [-0.05, 0) is 52.3 Å². The van der Waals surface area contributed by atoms with Crippen LogP contribution in [0.15, 0.2) is 104 Å². The van der Waals surface area contributed by atoms with Crippen LogP contribution in [0.3, 0.4) is 0 Å². The smallest absolute Gasteiger partial charge is 0.293 e. The molecule has 178 valence electrons. The van der Waals surface area contributed by atoms with Gasteiger partial charge >= 0.3 is 0 Å². The predicted octanol–water partition coefficient (Wildman–Crippen LogP) is 6.76. The van der Waals surface area contributed by atoms with E-state index < -0.39 is 15.9 Å². The molecule has 7 nitrogen and oxygen atoms in total. The summed E-state index contributed by atoms with van der Waals surface area (Å²) in [5.41, 5.74) is 2.50. The highest BCUT2D eigenvalue weighted by molar-refractivity contribution is 9.10. The first kappa shape index (κ1) is 22.7. The average Bonchev–Trinajstić information content (AvgIpc) is 3.61. The number of amides is 1. The third-order valence-electron chi connectivity index (χ3n) is 5.73. The third kappa shape index (κ3) is 3.83. The molecule has 0 saturated heterocycles. The number of fused-ring (bicyclic) bond motifs is 3. The van der Waals surface area contributed by atoms with Crippen molar-refractivity contribution < 1.29 is 17.6 Å². The number of carbonyl (C=O) groups excluding carboxylic acids is 1. The number of para-hydroxylation sites is 1. The molecule has 1 amide bonds. The minimum Gasteiger partial charge on any atom is -0.444 e. The van der Waals surface area contributed by atoms with Crippen LogP contribution < -0.4 is 5.32 Å². The molecule has 0 spiro atoms. The number of rotatable bonds is 5. The topological polar surface area (TPSA) is 94.2 Å². The lowest BCUT2D eigenvalue weighted by atomic mass is 10.1. The van der Waals surface area contributed by atoms with Gasteiger partial charge in [0.2, 0.25) is 0 Å². The van der Waals surface area contributed by atoms with Crippen molar-refractivity contribution in [2.45, 2.75) is 4.90 Å². The summed E-state index contributed by atoms with van der Waals surface area (Å²) in [5.74, 6) is -0.248. The van der Waals surface area contributed by atoms with Gasteiger partial charge in [-0.1, -0.05) is 48.5 Å². The first-order chi connectivity index (χ1) is 17.4. The molecule has 0 bridgehead atoms. The van der Waals surface area contributed by atoms with Crippen LogP contribution in [0, 0.1) is 0 Å². The van der Waals surface area contributed by atoms with E-state index >= 15 is 0 Å². The maximum absolute atomic E-state index is 13.7. The summed E-state index contributed by atoms with van der Waals surface area (Å²) in [6, 6.07) is 24.6. The molecule has 0 radical (unpaired) electrons. The number of anilines is 1. The number of nitrogens with zero attached hydrogens (tertiary/aromatic N) is 2. The number of hydrogen-bond donors (Lipinski definition) is 1. The molecule has 0 fully saturated rings. The highest BCUT2D eigenvalue weighted by Gasteiger charge is 2.23. The van der Waals surface area contributed by atoms with Gasteiger partial charge < -0.3 is 4.42 Å². The molecule has 3 heterocycles. The summed E-state index contributed by atoms with van der Waals surface area (Å²) in [6.45, 7) is 0. The predicted molar refractivity (Wildman–Crippen MR) is 144 cm³/mol. The van der Waals surface area contributed by atoms with E-state index in [4.69, 9.17) is 4.42 Å². The lowest BCUT2D eigenvalue weighted by Gasteiger charge is -2.09. The lowest BCUT2D eigenvalue weighted by Crippen LogP contribution is -2.12. The van der Waals surface area contributed by atoms with Crippen molar-refractivity contribution in [2.24, 2.45) is 0 Å². The summed E-state index contributed by atoms with van der Waals surface area (Å²) in [5, 5.41) is 6.61. The molecular weight excluding hydrogens is 562 g/mol. The zero-order valence-electron chi connectivity index (χ0n) is 18.4. The number of halogens is 1. The molecule has 0 atom stereocenters. The van der Waals surface area contributed by atoms with Gasteiger partial charge in [0.25, 0.3) is 15.9 Å². The molecule has 0 aliphatic rings. The summed E-state index contributed by atoms with van der Waals surface area (Å²) in [7, 11) is -3.86.